The van der Waals surface area contributed by atoms with Gasteiger partial charge in [-0.1, -0.05) is 25.1 Å². The monoisotopic (exact) mass is 315 g/mol. The second kappa shape index (κ2) is 7.01. The summed E-state index contributed by atoms with van der Waals surface area (Å²) >= 11 is 0. The van der Waals surface area contributed by atoms with Gasteiger partial charge in [-0.15, -0.1) is 0 Å². The van der Waals surface area contributed by atoms with E-state index in [0.29, 0.717) is 0 Å². The van der Waals surface area contributed by atoms with E-state index in [2.05, 4.69) is 11.8 Å². The van der Waals surface area contributed by atoms with Crippen LogP contribution in [0, 0.1) is 0 Å². The Hall–Kier alpha value is -1.07. The van der Waals surface area contributed by atoms with Gasteiger partial charge in [0.25, 0.3) is 0 Å². The van der Waals surface area contributed by atoms with Crippen molar-refractivity contribution >= 4 is 0 Å². The molecule has 0 radical (unpaired) electrons. The summed E-state index contributed by atoms with van der Waals surface area (Å²) in [6, 6.07) is 6.03. The van der Waals surface area contributed by atoms with Gasteiger partial charge in [0.1, 0.15) is 0 Å². The van der Waals surface area contributed by atoms with Crippen LogP contribution in [0.5, 0.6) is 0 Å². The highest BCUT2D eigenvalue weighted by molar-refractivity contribution is 5.29. The van der Waals surface area contributed by atoms with Gasteiger partial charge in [0, 0.05) is 13.2 Å². The molecule has 1 aromatic carbocycles. The molecule has 0 amide bonds. The van der Waals surface area contributed by atoms with Crippen molar-refractivity contribution in [2.75, 3.05) is 20.7 Å². The molecule has 1 fully saturated rings. The van der Waals surface area contributed by atoms with Crippen molar-refractivity contribution in [3.63, 3.8) is 0 Å². The summed E-state index contributed by atoms with van der Waals surface area (Å²) in [5, 5.41) is 0. The zero-order valence-corrected chi connectivity index (χ0v) is 13.4. The van der Waals surface area contributed by atoms with E-state index in [4.69, 9.17) is 4.74 Å². The maximum absolute atomic E-state index is 12.9. The molecule has 0 saturated heterocycles. The van der Waals surface area contributed by atoms with Crippen LogP contribution in [0.25, 0.3) is 0 Å². The molecule has 0 aromatic heterocycles. The molecule has 1 aromatic rings. The van der Waals surface area contributed by atoms with Crippen molar-refractivity contribution in [3.05, 3.63) is 35.4 Å². The van der Waals surface area contributed by atoms with E-state index in [9.17, 15) is 13.2 Å². The summed E-state index contributed by atoms with van der Waals surface area (Å²) in [5.74, 6) is 0.160. The molecule has 3 atom stereocenters. The fourth-order valence-corrected chi connectivity index (χ4v) is 3.36. The summed E-state index contributed by atoms with van der Waals surface area (Å²) in [7, 11) is 3.76. The molecule has 0 unspecified atom stereocenters. The minimum atomic E-state index is -4.28. The molecule has 2 rings (SSSR count). The average molecular weight is 315 g/mol. The first kappa shape index (κ1) is 17.3. The number of nitrogens with zero attached hydrogens (tertiary/aromatic N) is 1. The quantitative estimate of drug-likeness (QED) is 0.821. The van der Waals surface area contributed by atoms with E-state index in [0.717, 1.165) is 37.4 Å². The highest BCUT2D eigenvalue weighted by atomic mass is 19.4. The van der Waals surface area contributed by atoms with E-state index < -0.39 is 11.7 Å². The fourth-order valence-electron chi connectivity index (χ4n) is 3.36. The van der Waals surface area contributed by atoms with Crippen LogP contribution < -0.4 is 0 Å². The van der Waals surface area contributed by atoms with E-state index in [1.165, 1.54) is 12.1 Å². The summed E-state index contributed by atoms with van der Waals surface area (Å²) < 4.78 is 44.2. The molecule has 2 nitrogen and oxygen atoms in total. The molecule has 124 valence electrons. The number of ether oxygens (including phenoxy) is 1. The molecular weight excluding hydrogens is 291 g/mol. The Morgan fingerprint density at radius 2 is 2.00 bits per heavy atom. The fraction of sp³-hybridized carbons (Fsp3) is 0.647. The number of benzene rings is 1. The SMILES string of the molecule is CCN(C)[C@H]1C[C@@H](c2cccc(C(F)(F)F)c2)CC[C@@H]1OC. The Morgan fingerprint density at radius 1 is 1.27 bits per heavy atom. The summed E-state index contributed by atoms with van der Waals surface area (Å²) in [6.45, 7) is 2.99. The predicted octanol–water partition coefficient (Wildman–Crippen LogP) is 4.31. The van der Waals surface area contributed by atoms with Crippen LogP contribution in [0.1, 0.15) is 43.2 Å². The first-order valence-corrected chi connectivity index (χ1v) is 7.77. The van der Waals surface area contributed by atoms with Crippen molar-refractivity contribution in [2.45, 2.75) is 50.4 Å². The van der Waals surface area contributed by atoms with Crippen molar-refractivity contribution in [1.82, 2.24) is 4.90 Å². The number of hydrogen-bond acceptors (Lipinski definition) is 2. The molecule has 1 aliphatic rings. The Labute approximate surface area is 130 Å². The zero-order chi connectivity index (χ0) is 16.3. The maximum Gasteiger partial charge on any atom is 0.416 e. The van der Waals surface area contributed by atoms with Gasteiger partial charge in [0.15, 0.2) is 0 Å². The molecule has 1 aliphatic carbocycles. The zero-order valence-electron chi connectivity index (χ0n) is 13.4. The van der Waals surface area contributed by atoms with E-state index in [-0.39, 0.29) is 18.1 Å². The molecule has 0 heterocycles. The van der Waals surface area contributed by atoms with Gasteiger partial charge in [-0.2, -0.15) is 13.2 Å². The highest BCUT2D eigenvalue weighted by Crippen LogP contribution is 2.38. The molecule has 0 spiro atoms. The van der Waals surface area contributed by atoms with Crippen molar-refractivity contribution in [2.24, 2.45) is 0 Å². The Kier molecular flexibility index (Phi) is 5.50. The molecule has 0 bridgehead atoms. The molecule has 0 aliphatic heterocycles. The van der Waals surface area contributed by atoms with Gasteiger partial charge in [-0.05, 0) is 50.4 Å². The summed E-state index contributed by atoms with van der Waals surface area (Å²) in [6.07, 6.45) is -1.53. The van der Waals surface area contributed by atoms with Crippen molar-refractivity contribution in [3.8, 4) is 0 Å². The third-order valence-electron chi connectivity index (χ3n) is 4.81. The smallest absolute Gasteiger partial charge is 0.380 e. The van der Waals surface area contributed by atoms with Crippen LogP contribution in [0.3, 0.4) is 0 Å². The lowest BCUT2D eigenvalue weighted by Gasteiger charge is -2.40. The van der Waals surface area contributed by atoms with Gasteiger partial charge < -0.3 is 9.64 Å². The maximum atomic E-state index is 12.9. The lowest BCUT2D eigenvalue weighted by Crippen LogP contribution is -2.45. The first-order valence-electron chi connectivity index (χ1n) is 7.77. The lowest BCUT2D eigenvalue weighted by atomic mass is 9.79. The van der Waals surface area contributed by atoms with Gasteiger partial charge in [-0.3, -0.25) is 0 Å². The Balaban J connectivity index is 2.19. The van der Waals surface area contributed by atoms with Crippen molar-refractivity contribution < 1.29 is 17.9 Å². The third-order valence-corrected chi connectivity index (χ3v) is 4.81. The minimum absolute atomic E-state index is 0.159. The number of likely N-dealkylation sites (N-methyl/N-ethyl adjacent to an activating group) is 1. The average Bonchev–Trinajstić information content (AvgIpc) is 2.52. The molecule has 5 heteroatoms. The van der Waals surface area contributed by atoms with E-state index in [1.54, 1.807) is 7.11 Å². The second-order valence-corrected chi connectivity index (χ2v) is 6.05. The number of rotatable bonds is 4. The summed E-state index contributed by atoms with van der Waals surface area (Å²) in [5.41, 5.74) is 0.234. The molecular formula is C17H24F3NO. The Morgan fingerprint density at radius 3 is 2.59 bits per heavy atom. The number of alkyl halides is 3. The predicted molar refractivity (Wildman–Crippen MR) is 80.9 cm³/mol. The first-order chi connectivity index (χ1) is 10.4. The van der Waals surface area contributed by atoms with Crippen LogP contribution in [0.15, 0.2) is 24.3 Å². The van der Waals surface area contributed by atoms with Crippen LogP contribution in [0.4, 0.5) is 13.2 Å². The largest absolute Gasteiger partial charge is 0.416 e. The highest BCUT2D eigenvalue weighted by Gasteiger charge is 2.35. The van der Waals surface area contributed by atoms with Gasteiger partial charge >= 0.3 is 6.18 Å². The topological polar surface area (TPSA) is 12.5 Å². The second-order valence-electron chi connectivity index (χ2n) is 6.05. The summed E-state index contributed by atoms with van der Waals surface area (Å²) in [4.78, 5) is 2.23. The van der Waals surface area contributed by atoms with Gasteiger partial charge in [-0.25, -0.2) is 0 Å². The minimum Gasteiger partial charge on any atom is -0.380 e. The van der Waals surface area contributed by atoms with Crippen LogP contribution in [-0.4, -0.2) is 37.7 Å². The normalized spacial score (nSPS) is 26.4. The van der Waals surface area contributed by atoms with Gasteiger partial charge in [0.2, 0.25) is 0 Å². The van der Waals surface area contributed by atoms with Crippen LogP contribution >= 0.6 is 0 Å². The molecule has 0 N–H and O–H groups in total. The Bertz CT molecular complexity index is 489. The third kappa shape index (κ3) is 3.82. The van der Waals surface area contributed by atoms with Gasteiger partial charge in [0.05, 0.1) is 11.7 Å². The number of methoxy groups -OCH3 is 1. The standard InChI is InChI=1S/C17H24F3NO/c1-4-21(2)15-11-13(8-9-16(15)22-3)12-6-5-7-14(10-12)17(18,19)20/h5-7,10,13,15-16H,4,8-9,11H2,1-3H3/t13-,15-,16-/m0/s1. The molecule has 1 saturated carbocycles. The lowest BCUT2D eigenvalue weighted by molar-refractivity contribution is -0.137. The van der Waals surface area contributed by atoms with E-state index in [1.807, 2.05) is 13.1 Å². The van der Waals surface area contributed by atoms with E-state index >= 15 is 0 Å². The van der Waals surface area contributed by atoms with Crippen LogP contribution in [0.2, 0.25) is 0 Å². The van der Waals surface area contributed by atoms with Crippen molar-refractivity contribution in [1.29, 1.82) is 0 Å². The van der Waals surface area contributed by atoms with Crippen LogP contribution in [-0.2, 0) is 10.9 Å². The molecule has 22 heavy (non-hydrogen) atoms. The number of hydrogen-bond donors (Lipinski definition) is 0. The number of halogens is 3.